The number of aryl methyl sites for hydroxylation is 1. The molecule has 0 amide bonds. The van der Waals surface area contributed by atoms with Gasteiger partial charge in [0.2, 0.25) is 0 Å². The van der Waals surface area contributed by atoms with Crippen molar-refractivity contribution in [1.29, 1.82) is 0 Å². The number of rotatable bonds is 4. The van der Waals surface area contributed by atoms with Gasteiger partial charge in [0.15, 0.2) is 0 Å². The number of aromatic nitrogens is 2. The van der Waals surface area contributed by atoms with E-state index < -0.39 is 0 Å². The van der Waals surface area contributed by atoms with Crippen LogP contribution < -0.4 is 0 Å². The van der Waals surface area contributed by atoms with Crippen LogP contribution in [0.1, 0.15) is 18.7 Å². The van der Waals surface area contributed by atoms with Crippen molar-refractivity contribution < 1.29 is 4.74 Å². The lowest BCUT2D eigenvalue weighted by Gasteiger charge is -2.11. The molecule has 1 fully saturated rings. The maximum atomic E-state index is 6.01. The number of halogens is 2. The van der Waals surface area contributed by atoms with Gasteiger partial charge in [-0.1, -0.05) is 11.6 Å². The average Bonchev–Trinajstić information content (AvgIpc) is 3.02. The predicted molar refractivity (Wildman–Crippen MR) is 77.8 cm³/mol. The molecule has 3 nitrogen and oxygen atoms in total. The van der Waals surface area contributed by atoms with Crippen molar-refractivity contribution >= 4 is 34.2 Å². The van der Waals surface area contributed by atoms with Gasteiger partial charge in [-0.25, -0.2) is 4.98 Å². The van der Waals surface area contributed by atoms with Gasteiger partial charge in [-0.3, -0.25) is 0 Å². The van der Waals surface area contributed by atoms with E-state index in [1.54, 1.807) is 0 Å². The van der Waals surface area contributed by atoms with Crippen LogP contribution in [0.4, 0.5) is 0 Å². The van der Waals surface area contributed by atoms with Crippen LogP contribution in [-0.4, -0.2) is 22.8 Å². The molecule has 0 bridgehead atoms. The molecule has 2 aromatic rings. The van der Waals surface area contributed by atoms with Crippen LogP contribution in [0, 0.1) is 5.92 Å². The van der Waals surface area contributed by atoms with Crippen LogP contribution in [0.15, 0.2) is 18.2 Å². The van der Waals surface area contributed by atoms with Gasteiger partial charge in [-0.05, 0) is 37.0 Å². The minimum absolute atomic E-state index is 0.424. The molecule has 0 aliphatic carbocycles. The summed E-state index contributed by atoms with van der Waals surface area (Å²) in [6, 6.07) is 5.81. The Balaban J connectivity index is 1.87. The van der Waals surface area contributed by atoms with E-state index in [1.807, 2.05) is 18.2 Å². The van der Waals surface area contributed by atoms with Gasteiger partial charge in [0.1, 0.15) is 5.82 Å². The van der Waals surface area contributed by atoms with Crippen LogP contribution in [-0.2, 0) is 17.2 Å². The third-order valence-corrected chi connectivity index (χ3v) is 4.17. The Morgan fingerprint density at radius 1 is 1.42 bits per heavy atom. The molecule has 0 N–H and O–H groups in total. The third kappa shape index (κ3) is 2.73. The summed E-state index contributed by atoms with van der Waals surface area (Å²) < 4.78 is 7.62. The molecular formula is C14H16Cl2N2O. The van der Waals surface area contributed by atoms with E-state index in [0.29, 0.717) is 16.8 Å². The molecule has 1 atom stereocenters. The van der Waals surface area contributed by atoms with Crippen molar-refractivity contribution in [3.05, 3.63) is 29.0 Å². The number of benzene rings is 1. The van der Waals surface area contributed by atoms with Gasteiger partial charge in [-0.2, -0.15) is 0 Å². The summed E-state index contributed by atoms with van der Waals surface area (Å²) in [6.45, 7) is 2.72. The summed E-state index contributed by atoms with van der Waals surface area (Å²) >= 11 is 12.0. The zero-order valence-corrected chi connectivity index (χ0v) is 12.1. The molecule has 102 valence electrons. The molecule has 1 aliphatic rings. The topological polar surface area (TPSA) is 27.1 Å². The van der Waals surface area contributed by atoms with Gasteiger partial charge in [0, 0.05) is 24.8 Å². The molecule has 19 heavy (non-hydrogen) atoms. The SMILES string of the molecule is ClCc1nc2cc(Cl)ccc2n1CCC1CCOC1. The number of nitrogens with zero attached hydrogens (tertiary/aromatic N) is 2. The first-order valence-electron chi connectivity index (χ1n) is 6.56. The predicted octanol–water partition coefficient (Wildman–Crippen LogP) is 3.86. The zero-order chi connectivity index (χ0) is 13.2. The van der Waals surface area contributed by atoms with Crippen molar-refractivity contribution in [3.8, 4) is 0 Å². The second-order valence-corrected chi connectivity index (χ2v) is 5.67. The normalized spacial score (nSPS) is 19.4. The second kappa shape index (κ2) is 5.70. The number of imidazole rings is 1. The lowest BCUT2D eigenvalue weighted by atomic mass is 10.1. The Morgan fingerprint density at radius 3 is 3.05 bits per heavy atom. The number of hydrogen-bond donors (Lipinski definition) is 0. The summed E-state index contributed by atoms with van der Waals surface area (Å²) in [5, 5.41) is 0.711. The van der Waals surface area contributed by atoms with Crippen molar-refractivity contribution in [2.75, 3.05) is 13.2 Å². The number of ether oxygens (including phenoxy) is 1. The molecule has 0 saturated carbocycles. The first-order valence-corrected chi connectivity index (χ1v) is 7.47. The highest BCUT2D eigenvalue weighted by molar-refractivity contribution is 6.31. The molecular weight excluding hydrogens is 283 g/mol. The van der Waals surface area contributed by atoms with Crippen LogP contribution in [0.2, 0.25) is 5.02 Å². The third-order valence-electron chi connectivity index (χ3n) is 3.69. The largest absolute Gasteiger partial charge is 0.381 e. The quantitative estimate of drug-likeness (QED) is 0.802. The summed E-state index contributed by atoms with van der Waals surface area (Å²) in [4.78, 5) is 4.55. The number of hydrogen-bond acceptors (Lipinski definition) is 2. The Morgan fingerprint density at radius 2 is 2.32 bits per heavy atom. The lowest BCUT2D eigenvalue weighted by Crippen LogP contribution is -2.08. The van der Waals surface area contributed by atoms with Crippen molar-refractivity contribution in [3.63, 3.8) is 0 Å². The Labute approximate surface area is 122 Å². The molecule has 5 heteroatoms. The van der Waals surface area contributed by atoms with Crippen molar-refractivity contribution in [1.82, 2.24) is 9.55 Å². The summed E-state index contributed by atoms with van der Waals surface area (Å²) in [6.07, 6.45) is 2.27. The molecule has 1 aromatic heterocycles. The Hall–Kier alpha value is -0.770. The highest BCUT2D eigenvalue weighted by atomic mass is 35.5. The summed E-state index contributed by atoms with van der Waals surface area (Å²) in [7, 11) is 0. The summed E-state index contributed by atoms with van der Waals surface area (Å²) in [5.74, 6) is 2.00. The lowest BCUT2D eigenvalue weighted by molar-refractivity contribution is 0.183. The van der Waals surface area contributed by atoms with Gasteiger partial charge in [-0.15, -0.1) is 11.6 Å². The minimum atomic E-state index is 0.424. The van der Waals surface area contributed by atoms with Gasteiger partial charge < -0.3 is 9.30 Å². The maximum absolute atomic E-state index is 6.01. The fourth-order valence-electron chi connectivity index (χ4n) is 2.63. The molecule has 1 aliphatic heterocycles. The average molecular weight is 299 g/mol. The highest BCUT2D eigenvalue weighted by Crippen LogP contribution is 2.24. The smallest absolute Gasteiger partial charge is 0.124 e. The van der Waals surface area contributed by atoms with E-state index in [4.69, 9.17) is 27.9 Å². The fraction of sp³-hybridized carbons (Fsp3) is 0.500. The van der Waals surface area contributed by atoms with Crippen LogP contribution in [0.5, 0.6) is 0 Å². The van der Waals surface area contributed by atoms with E-state index in [1.165, 1.54) is 0 Å². The molecule has 1 aromatic carbocycles. The number of fused-ring (bicyclic) bond motifs is 1. The van der Waals surface area contributed by atoms with Crippen molar-refractivity contribution in [2.45, 2.75) is 25.3 Å². The maximum Gasteiger partial charge on any atom is 0.124 e. The molecule has 3 rings (SSSR count). The first kappa shape index (κ1) is 13.2. The second-order valence-electron chi connectivity index (χ2n) is 4.96. The molecule has 1 unspecified atom stereocenters. The van der Waals surface area contributed by atoms with E-state index in [2.05, 4.69) is 9.55 Å². The van der Waals surface area contributed by atoms with E-state index >= 15 is 0 Å². The van der Waals surface area contributed by atoms with Gasteiger partial charge in [0.25, 0.3) is 0 Å². The van der Waals surface area contributed by atoms with E-state index in [-0.39, 0.29) is 0 Å². The fourth-order valence-corrected chi connectivity index (χ4v) is 3.00. The monoisotopic (exact) mass is 298 g/mol. The van der Waals surface area contributed by atoms with Gasteiger partial charge in [0.05, 0.1) is 16.9 Å². The number of alkyl halides is 1. The Kier molecular flexibility index (Phi) is 3.96. The van der Waals surface area contributed by atoms with Crippen LogP contribution >= 0.6 is 23.2 Å². The first-order chi connectivity index (χ1) is 9.28. The molecule has 1 saturated heterocycles. The summed E-state index contributed by atoms with van der Waals surface area (Å²) in [5.41, 5.74) is 2.03. The zero-order valence-electron chi connectivity index (χ0n) is 10.6. The van der Waals surface area contributed by atoms with Crippen LogP contribution in [0.25, 0.3) is 11.0 Å². The molecule has 0 spiro atoms. The van der Waals surface area contributed by atoms with Crippen LogP contribution in [0.3, 0.4) is 0 Å². The highest BCUT2D eigenvalue weighted by Gasteiger charge is 2.17. The van der Waals surface area contributed by atoms with E-state index in [9.17, 15) is 0 Å². The molecule has 2 heterocycles. The van der Waals surface area contributed by atoms with Gasteiger partial charge >= 0.3 is 0 Å². The standard InChI is InChI=1S/C14H16Cl2N2O/c15-8-14-17-12-7-11(16)1-2-13(12)18(14)5-3-10-4-6-19-9-10/h1-2,7,10H,3-6,8-9H2. The van der Waals surface area contributed by atoms with E-state index in [0.717, 1.165) is 49.5 Å². The van der Waals surface area contributed by atoms with Crippen molar-refractivity contribution in [2.24, 2.45) is 5.92 Å². The Bertz CT molecular complexity index is 576. The molecule has 0 radical (unpaired) electrons. The minimum Gasteiger partial charge on any atom is -0.381 e.